The Morgan fingerprint density at radius 1 is 1.03 bits per heavy atom. The van der Waals surface area contributed by atoms with Crippen molar-refractivity contribution < 1.29 is 4.74 Å². The van der Waals surface area contributed by atoms with Crippen LogP contribution < -0.4 is 4.74 Å². The number of nitrogens with one attached hydrogen (secondary N) is 1. The molecule has 0 radical (unpaired) electrons. The van der Waals surface area contributed by atoms with Crippen LogP contribution in [0.15, 0.2) is 42.5 Å². The first kappa shape index (κ1) is 17.3. The minimum atomic E-state index is 0.563. The van der Waals surface area contributed by atoms with Crippen LogP contribution in [0.5, 0.6) is 5.75 Å². The maximum atomic E-state index is 6.14. The van der Waals surface area contributed by atoms with Crippen molar-refractivity contribution in [3.05, 3.63) is 58.9 Å². The zero-order valence-electron chi connectivity index (χ0n) is 16.3. The van der Waals surface area contributed by atoms with E-state index in [-0.39, 0.29) is 0 Å². The number of benzene rings is 3. The Kier molecular flexibility index (Phi) is 4.05. The molecule has 0 saturated heterocycles. The highest BCUT2D eigenvalue weighted by Gasteiger charge is 2.20. The molecule has 1 N–H and O–H groups in total. The molecule has 3 aromatic carbocycles. The highest BCUT2D eigenvalue weighted by atomic mass is 35.5. The third kappa shape index (κ3) is 3.00. The Bertz CT molecular complexity index is 1240. The van der Waals surface area contributed by atoms with E-state index < -0.39 is 0 Å². The molecule has 3 nitrogen and oxygen atoms in total. The summed E-state index contributed by atoms with van der Waals surface area (Å²) in [6, 6.07) is 14.8. The zero-order chi connectivity index (χ0) is 19.4. The molecule has 2 heterocycles. The molecule has 6 rings (SSSR count). The maximum Gasteiger partial charge on any atom is 0.129 e. The lowest BCUT2D eigenvalue weighted by Gasteiger charge is -2.21. The zero-order valence-corrected chi connectivity index (χ0v) is 17.1. The Hall–Kier alpha value is -2.52. The van der Waals surface area contributed by atoms with Crippen LogP contribution in [-0.2, 0) is 13.0 Å². The van der Waals surface area contributed by atoms with Gasteiger partial charge in [-0.2, -0.15) is 0 Å². The fourth-order valence-electron chi connectivity index (χ4n) is 5.06. The number of rotatable bonds is 3. The standard InChI is InChI=1S/C25H23ClN2O/c26-18-7-8-19-20-11-16-6-9-22-25(21(16)12-17(20)14-29-23(19)13-18)28-24(27-22)10-5-15-3-1-2-4-15/h6-9,11-13,15H,1-5,10,14H2,(H,27,28). The van der Waals surface area contributed by atoms with Crippen molar-refractivity contribution in [2.75, 3.05) is 0 Å². The summed E-state index contributed by atoms with van der Waals surface area (Å²) < 4.78 is 5.98. The molecule has 4 aromatic rings. The number of aromatic amines is 1. The predicted molar refractivity (Wildman–Crippen MR) is 119 cm³/mol. The van der Waals surface area contributed by atoms with Gasteiger partial charge in [-0.3, -0.25) is 0 Å². The molecule has 0 atom stereocenters. The number of hydrogen-bond acceptors (Lipinski definition) is 2. The van der Waals surface area contributed by atoms with E-state index >= 15 is 0 Å². The van der Waals surface area contributed by atoms with E-state index in [4.69, 9.17) is 21.3 Å². The molecule has 1 aliphatic heterocycles. The number of fused-ring (bicyclic) bond motifs is 6. The number of aryl methyl sites for hydroxylation is 1. The van der Waals surface area contributed by atoms with Crippen LogP contribution in [0.25, 0.3) is 32.9 Å². The lowest BCUT2D eigenvalue weighted by atomic mass is 9.93. The van der Waals surface area contributed by atoms with Crippen LogP contribution in [0.1, 0.15) is 43.5 Å². The topological polar surface area (TPSA) is 37.9 Å². The van der Waals surface area contributed by atoms with E-state index in [0.29, 0.717) is 11.6 Å². The largest absolute Gasteiger partial charge is 0.488 e. The summed E-state index contributed by atoms with van der Waals surface area (Å²) in [5, 5.41) is 3.12. The summed E-state index contributed by atoms with van der Waals surface area (Å²) in [5.41, 5.74) is 5.75. The molecule has 0 amide bonds. The molecule has 1 fully saturated rings. The molecular formula is C25H23ClN2O. The van der Waals surface area contributed by atoms with E-state index in [1.54, 1.807) is 0 Å². The van der Waals surface area contributed by atoms with Crippen LogP contribution in [-0.4, -0.2) is 9.97 Å². The maximum absolute atomic E-state index is 6.14. The van der Waals surface area contributed by atoms with Crippen LogP contribution in [0.2, 0.25) is 5.02 Å². The Morgan fingerprint density at radius 3 is 2.83 bits per heavy atom. The Labute approximate surface area is 175 Å². The number of ether oxygens (including phenoxy) is 1. The monoisotopic (exact) mass is 402 g/mol. The molecule has 146 valence electrons. The van der Waals surface area contributed by atoms with Gasteiger partial charge in [0.2, 0.25) is 0 Å². The summed E-state index contributed by atoms with van der Waals surface area (Å²) in [7, 11) is 0. The summed E-state index contributed by atoms with van der Waals surface area (Å²) in [6.45, 7) is 0.563. The molecule has 0 bridgehead atoms. The van der Waals surface area contributed by atoms with Crippen LogP contribution in [0.4, 0.5) is 0 Å². The first-order valence-electron chi connectivity index (χ1n) is 10.6. The molecular weight excluding hydrogens is 380 g/mol. The van der Waals surface area contributed by atoms with Crippen molar-refractivity contribution in [3.8, 4) is 16.9 Å². The second-order valence-electron chi connectivity index (χ2n) is 8.49. The van der Waals surface area contributed by atoms with E-state index in [9.17, 15) is 0 Å². The lowest BCUT2D eigenvalue weighted by Crippen LogP contribution is -2.05. The van der Waals surface area contributed by atoms with Crippen LogP contribution >= 0.6 is 11.6 Å². The van der Waals surface area contributed by atoms with E-state index in [1.807, 2.05) is 12.1 Å². The number of nitrogens with zero attached hydrogens (tertiary/aromatic N) is 1. The van der Waals surface area contributed by atoms with Crippen molar-refractivity contribution in [3.63, 3.8) is 0 Å². The summed E-state index contributed by atoms with van der Waals surface area (Å²) in [5.74, 6) is 2.87. The lowest BCUT2D eigenvalue weighted by molar-refractivity contribution is 0.302. The van der Waals surface area contributed by atoms with Gasteiger partial charge < -0.3 is 9.72 Å². The molecule has 1 aromatic heterocycles. The van der Waals surface area contributed by atoms with E-state index in [2.05, 4.69) is 35.3 Å². The number of H-pyrrole nitrogens is 1. The number of imidazole rings is 1. The average Bonchev–Trinajstić information content (AvgIpc) is 3.40. The van der Waals surface area contributed by atoms with Gasteiger partial charge in [-0.25, -0.2) is 4.98 Å². The van der Waals surface area contributed by atoms with Gasteiger partial charge in [0.15, 0.2) is 0 Å². The van der Waals surface area contributed by atoms with Gasteiger partial charge in [0.1, 0.15) is 18.2 Å². The predicted octanol–water partition coefficient (Wildman–Crippen LogP) is 7.05. The molecule has 4 heteroatoms. The van der Waals surface area contributed by atoms with Crippen molar-refractivity contribution in [1.29, 1.82) is 0 Å². The molecule has 2 aliphatic rings. The van der Waals surface area contributed by atoms with Crippen molar-refractivity contribution in [2.24, 2.45) is 5.92 Å². The Morgan fingerprint density at radius 2 is 1.93 bits per heavy atom. The van der Waals surface area contributed by atoms with Gasteiger partial charge in [0.05, 0.1) is 11.0 Å². The molecule has 1 aliphatic carbocycles. The second kappa shape index (κ2) is 6.77. The third-order valence-corrected chi connectivity index (χ3v) is 6.86. The fraction of sp³-hybridized carbons (Fsp3) is 0.320. The molecule has 0 spiro atoms. The minimum absolute atomic E-state index is 0.563. The van der Waals surface area contributed by atoms with Gasteiger partial charge in [0.25, 0.3) is 0 Å². The molecule has 1 saturated carbocycles. The number of halogens is 1. The highest BCUT2D eigenvalue weighted by molar-refractivity contribution is 6.30. The molecule has 0 unspecified atom stereocenters. The van der Waals surface area contributed by atoms with Gasteiger partial charge in [-0.05, 0) is 65.3 Å². The second-order valence-corrected chi connectivity index (χ2v) is 8.93. The third-order valence-electron chi connectivity index (χ3n) is 6.62. The number of aromatic nitrogens is 2. The fourth-order valence-corrected chi connectivity index (χ4v) is 5.23. The van der Waals surface area contributed by atoms with Crippen molar-refractivity contribution >= 4 is 33.4 Å². The van der Waals surface area contributed by atoms with Crippen molar-refractivity contribution in [1.82, 2.24) is 9.97 Å². The van der Waals surface area contributed by atoms with Crippen molar-refractivity contribution in [2.45, 2.75) is 45.1 Å². The van der Waals surface area contributed by atoms with Gasteiger partial charge in [-0.15, -0.1) is 0 Å². The van der Waals surface area contributed by atoms with Gasteiger partial charge >= 0.3 is 0 Å². The summed E-state index contributed by atoms with van der Waals surface area (Å²) in [4.78, 5) is 8.55. The normalized spacial score (nSPS) is 16.2. The van der Waals surface area contributed by atoms with Gasteiger partial charge in [-0.1, -0.05) is 43.4 Å². The summed E-state index contributed by atoms with van der Waals surface area (Å²) >= 11 is 6.14. The number of hydrogen-bond donors (Lipinski definition) is 1. The highest BCUT2D eigenvalue weighted by Crippen LogP contribution is 2.41. The first-order valence-corrected chi connectivity index (χ1v) is 11.0. The smallest absolute Gasteiger partial charge is 0.129 e. The SMILES string of the molecule is Clc1ccc2c(c1)OCc1cc3c(ccc4[nH]c(CCC5CCCC5)nc43)cc1-2. The quantitative estimate of drug-likeness (QED) is 0.398. The van der Waals surface area contributed by atoms with Gasteiger partial charge in [0, 0.05) is 22.4 Å². The minimum Gasteiger partial charge on any atom is -0.488 e. The summed E-state index contributed by atoms with van der Waals surface area (Å²) in [6.07, 6.45) is 7.88. The first-order chi connectivity index (χ1) is 14.2. The van der Waals surface area contributed by atoms with Crippen LogP contribution in [0.3, 0.4) is 0 Å². The van der Waals surface area contributed by atoms with E-state index in [0.717, 1.165) is 40.5 Å². The molecule has 29 heavy (non-hydrogen) atoms. The average molecular weight is 403 g/mol. The van der Waals surface area contributed by atoms with Crippen LogP contribution in [0, 0.1) is 5.92 Å². The van der Waals surface area contributed by atoms with E-state index in [1.165, 1.54) is 54.0 Å². The Balaban J connectivity index is 1.41.